The molecular formula is C19H25F3N6O4. The van der Waals surface area contributed by atoms with Gasteiger partial charge in [-0.3, -0.25) is 9.13 Å². The minimum atomic E-state index is -5.08. The van der Waals surface area contributed by atoms with Gasteiger partial charge >= 0.3 is 23.8 Å². The third-order valence-electron chi connectivity index (χ3n) is 4.52. The van der Waals surface area contributed by atoms with Crippen LogP contribution >= 0.6 is 0 Å². The molecule has 0 amide bonds. The number of carboxylic acid groups (broad SMARTS) is 1. The number of piperazine rings is 1. The lowest BCUT2D eigenvalue weighted by Gasteiger charge is -2.29. The third-order valence-corrected chi connectivity index (χ3v) is 4.52. The summed E-state index contributed by atoms with van der Waals surface area (Å²) < 4.78 is 40.4. The summed E-state index contributed by atoms with van der Waals surface area (Å²) in [5.41, 5.74) is 1.26. The number of alkyl halides is 3. The van der Waals surface area contributed by atoms with Crippen molar-refractivity contribution in [2.45, 2.75) is 39.5 Å². The van der Waals surface area contributed by atoms with Gasteiger partial charge in [-0.25, -0.2) is 9.59 Å². The highest BCUT2D eigenvalue weighted by molar-refractivity contribution is 5.85. The van der Waals surface area contributed by atoms with Gasteiger partial charge in [-0.05, 0) is 13.3 Å². The van der Waals surface area contributed by atoms with E-state index in [0.29, 0.717) is 18.7 Å². The molecule has 0 atom stereocenters. The number of nitrogens with one attached hydrogen (secondary N) is 1. The number of rotatable bonds is 5. The molecule has 0 radical (unpaired) electrons. The molecule has 176 valence electrons. The number of ether oxygens (including phenoxy) is 1. The number of aromatic nitrogens is 4. The smallest absolute Gasteiger partial charge is 0.475 e. The molecule has 0 saturated carbocycles. The summed E-state index contributed by atoms with van der Waals surface area (Å²) in [6, 6.07) is 0.282. The molecule has 10 nitrogen and oxygen atoms in total. The highest BCUT2D eigenvalue weighted by atomic mass is 19.4. The molecule has 0 aromatic carbocycles. The first kappa shape index (κ1) is 25.0. The number of aryl methyl sites for hydroxylation is 1. The predicted molar refractivity (Wildman–Crippen MR) is 111 cm³/mol. The van der Waals surface area contributed by atoms with Gasteiger partial charge < -0.3 is 20.1 Å². The van der Waals surface area contributed by atoms with Crippen LogP contribution in [0.5, 0.6) is 6.01 Å². The predicted octanol–water partition coefficient (Wildman–Crippen LogP) is 1.08. The normalized spacial score (nSPS) is 13.8. The monoisotopic (exact) mass is 458 g/mol. The second kappa shape index (κ2) is 10.9. The first-order chi connectivity index (χ1) is 15.1. The molecule has 2 aromatic heterocycles. The topological polar surface area (TPSA) is 115 Å². The summed E-state index contributed by atoms with van der Waals surface area (Å²) in [6.07, 6.45) is -4.24. The van der Waals surface area contributed by atoms with Gasteiger partial charge in [0.25, 0.3) is 0 Å². The van der Waals surface area contributed by atoms with Crippen molar-refractivity contribution in [3.8, 4) is 17.9 Å². The number of carbonyl (C=O) groups is 1. The molecule has 1 aliphatic heterocycles. The fraction of sp³-hybridized carbons (Fsp3) is 0.579. The molecule has 0 unspecified atom stereocenters. The summed E-state index contributed by atoms with van der Waals surface area (Å²) in [5, 5.41) is 10.5. The van der Waals surface area contributed by atoms with Crippen molar-refractivity contribution in [1.82, 2.24) is 24.4 Å². The van der Waals surface area contributed by atoms with E-state index < -0.39 is 12.1 Å². The van der Waals surface area contributed by atoms with Gasteiger partial charge in [0.2, 0.25) is 0 Å². The summed E-state index contributed by atoms with van der Waals surface area (Å²) in [5.74, 6) is 3.84. The molecule has 32 heavy (non-hydrogen) atoms. The Balaban J connectivity index is 0.000000451. The minimum Gasteiger partial charge on any atom is -0.475 e. The van der Waals surface area contributed by atoms with Crippen LogP contribution in [0, 0.1) is 11.8 Å². The number of anilines is 1. The van der Waals surface area contributed by atoms with E-state index in [1.165, 1.54) is 0 Å². The van der Waals surface area contributed by atoms with Gasteiger partial charge in [0.15, 0.2) is 11.5 Å². The maximum atomic E-state index is 12.9. The zero-order chi connectivity index (χ0) is 23.9. The summed E-state index contributed by atoms with van der Waals surface area (Å²) in [6.45, 7) is 8.14. The zero-order valence-corrected chi connectivity index (χ0v) is 18.0. The first-order valence-electron chi connectivity index (χ1n) is 9.86. The standard InChI is InChI=1S/C17H24N6O2.C2HF3O2/c1-4-6-10-22-13-14(21-11-7-18-8-12-21)19-16(25-3)20-15(13)23(9-5-2)17(22)24;3-2(4,5)1(6)7/h18H,5,7-12H2,1-3H3;(H,6,7). The van der Waals surface area contributed by atoms with Gasteiger partial charge in [0.1, 0.15) is 5.52 Å². The molecule has 13 heteroatoms. The number of hydrogen-bond donors (Lipinski definition) is 2. The summed E-state index contributed by atoms with van der Waals surface area (Å²) >= 11 is 0. The quantitative estimate of drug-likeness (QED) is 0.640. The number of fused-ring (bicyclic) bond motifs is 1. The van der Waals surface area contributed by atoms with Crippen LogP contribution in [-0.4, -0.2) is 69.6 Å². The Labute approximate surface area is 182 Å². The zero-order valence-electron chi connectivity index (χ0n) is 18.0. The lowest BCUT2D eigenvalue weighted by molar-refractivity contribution is -0.192. The maximum absolute atomic E-state index is 12.9. The van der Waals surface area contributed by atoms with Crippen molar-refractivity contribution in [2.24, 2.45) is 0 Å². The van der Waals surface area contributed by atoms with Crippen LogP contribution in [0.3, 0.4) is 0 Å². The first-order valence-corrected chi connectivity index (χ1v) is 9.86. The number of imidazole rings is 1. The number of carboxylic acids is 1. The van der Waals surface area contributed by atoms with Crippen LogP contribution in [0.15, 0.2) is 4.79 Å². The Morgan fingerprint density at radius 1 is 1.25 bits per heavy atom. The van der Waals surface area contributed by atoms with Crippen LogP contribution in [0.2, 0.25) is 0 Å². The summed E-state index contributed by atoms with van der Waals surface area (Å²) in [7, 11) is 1.55. The average Bonchev–Trinajstić information content (AvgIpc) is 3.03. The Morgan fingerprint density at radius 3 is 2.38 bits per heavy atom. The molecule has 0 aliphatic carbocycles. The van der Waals surface area contributed by atoms with E-state index in [9.17, 15) is 18.0 Å². The van der Waals surface area contributed by atoms with Crippen molar-refractivity contribution in [3.63, 3.8) is 0 Å². The second-order valence-electron chi connectivity index (χ2n) is 6.69. The fourth-order valence-corrected chi connectivity index (χ4v) is 3.09. The number of nitrogens with zero attached hydrogens (tertiary/aromatic N) is 5. The number of aliphatic carboxylic acids is 1. The molecule has 3 heterocycles. The van der Waals surface area contributed by atoms with E-state index in [1.54, 1.807) is 23.2 Å². The molecule has 1 aliphatic rings. The van der Waals surface area contributed by atoms with Crippen molar-refractivity contribution in [1.29, 1.82) is 0 Å². The van der Waals surface area contributed by atoms with Crippen molar-refractivity contribution >= 4 is 23.0 Å². The SMILES string of the molecule is CC#CCn1c(=O)n(CCC)c2nc(OC)nc(N3CCNCC3)c21.O=C(O)C(F)(F)F. The lowest BCUT2D eigenvalue weighted by atomic mass is 10.3. The second-order valence-corrected chi connectivity index (χ2v) is 6.69. The molecule has 0 spiro atoms. The van der Waals surface area contributed by atoms with Gasteiger partial charge in [0.05, 0.1) is 13.7 Å². The van der Waals surface area contributed by atoms with Crippen molar-refractivity contribution < 1.29 is 27.8 Å². The van der Waals surface area contributed by atoms with E-state index >= 15 is 0 Å². The fourth-order valence-electron chi connectivity index (χ4n) is 3.09. The van der Waals surface area contributed by atoms with E-state index in [1.807, 2.05) is 6.92 Å². The highest BCUT2D eigenvalue weighted by Gasteiger charge is 2.38. The number of hydrogen-bond acceptors (Lipinski definition) is 7. The van der Waals surface area contributed by atoms with Gasteiger partial charge in [0, 0.05) is 32.7 Å². The third kappa shape index (κ3) is 5.70. The van der Waals surface area contributed by atoms with Crippen LogP contribution in [0.25, 0.3) is 11.2 Å². The number of methoxy groups -OCH3 is 1. The molecule has 1 saturated heterocycles. The Morgan fingerprint density at radius 2 is 1.88 bits per heavy atom. The lowest BCUT2D eigenvalue weighted by Crippen LogP contribution is -2.44. The van der Waals surface area contributed by atoms with Gasteiger partial charge in [-0.15, -0.1) is 5.92 Å². The highest BCUT2D eigenvalue weighted by Crippen LogP contribution is 2.26. The Hall–Kier alpha value is -3.27. The molecule has 1 fully saturated rings. The van der Waals surface area contributed by atoms with E-state index in [2.05, 4.69) is 32.0 Å². The maximum Gasteiger partial charge on any atom is 0.490 e. The molecule has 2 N–H and O–H groups in total. The van der Waals surface area contributed by atoms with Crippen LogP contribution < -0.4 is 20.6 Å². The van der Waals surface area contributed by atoms with Gasteiger partial charge in [-0.2, -0.15) is 23.1 Å². The van der Waals surface area contributed by atoms with Crippen molar-refractivity contribution in [3.05, 3.63) is 10.5 Å². The van der Waals surface area contributed by atoms with E-state index in [4.69, 9.17) is 14.6 Å². The Kier molecular flexibility index (Phi) is 8.48. The number of halogens is 3. The minimum absolute atomic E-state index is 0.0986. The van der Waals surface area contributed by atoms with E-state index in [-0.39, 0.29) is 11.7 Å². The molecule has 2 aromatic rings. The van der Waals surface area contributed by atoms with Gasteiger partial charge in [-0.1, -0.05) is 12.8 Å². The summed E-state index contributed by atoms with van der Waals surface area (Å²) in [4.78, 5) is 33.1. The molecule has 0 bridgehead atoms. The molecular weight excluding hydrogens is 433 g/mol. The van der Waals surface area contributed by atoms with E-state index in [0.717, 1.165) is 43.9 Å². The van der Waals surface area contributed by atoms with Crippen LogP contribution in [-0.2, 0) is 17.9 Å². The van der Waals surface area contributed by atoms with Crippen LogP contribution in [0.4, 0.5) is 19.0 Å². The van der Waals surface area contributed by atoms with Crippen molar-refractivity contribution in [2.75, 3.05) is 38.2 Å². The molecule has 3 rings (SSSR count). The van der Waals surface area contributed by atoms with Crippen LogP contribution in [0.1, 0.15) is 20.3 Å². The largest absolute Gasteiger partial charge is 0.490 e. The Bertz CT molecular complexity index is 1060. The average molecular weight is 458 g/mol.